The third-order valence-electron chi connectivity index (χ3n) is 4.37. The fourth-order valence-electron chi connectivity index (χ4n) is 3.39. The Morgan fingerprint density at radius 2 is 1.04 bits per heavy atom. The van der Waals surface area contributed by atoms with Gasteiger partial charge in [0.05, 0.1) is 8.95 Å². The Bertz CT molecular complexity index is 1140. The van der Waals surface area contributed by atoms with Crippen LogP contribution in [-0.2, 0) is 0 Å². The van der Waals surface area contributed by atoms with Crippen molar-refractivity contribution in [2.24, 2.45) is 0 Å². The maximum Gasteiger partial charge on any atom is 0.150 e. The van der Waals surface area contributed by atoms with E-state index in [-0.39, 0.29) is 0 Å². The van der Waals surface area contributed by atoms with Crippen LogP contribution in [0.3, 0.4) is 0 Å². The second kappa shape index (κ2) is 4.83. The molecule has 1 aromatic heterocycles. The number of hydrogen-bond donors (Lipinski definition) is 0. The van der Waals surface area contributed by atoms with Crippen LogP contribution >= 0.6 is 31.9 Å². The van der Waals surface area contributed by atoms with Crippen molar-refractivity contribution in [1.82, 2.24) is 0 Å². The van der Waals surface area contributed by atoms with Gasteiger partial charge in [0.2, 0.25) is 0 Å². The Hall–Kier alpha value is -1.84. The topological polar surface area (TPSA) is 13.1 Å². The highest BCUT2D eigenvalue weighted by Crippen LogP contribution is 2.44. The molecule has 0 aliphatic heterocycles. The first-order valence-electron chi connectivity index (χ1n) is 7.35. The van der Waals surface area contributed by atoms with E-state index >= 15 is 0 Å². The molecule has 0 amide bonds. The lowest BCUT2D eigenvalue weighted by Gasteiger charge is -2.03. The molecule has 0 N–H and O–H groups in total. The van der Waals surface area contributed by atoms with Gasteiger partial charge in [0, 0.05) is 10.8 Å². The zero-order valence-corrected chi connectivity index (χ0v) is 15.1. The van der Waals surface area contributed by atoms with E-state index in [1.807, 2.05) is 0 Å². The lowest BCUT2D eigenvalue weighted by atomic mass is 10.00. The molecule has 1 heterocycles. The van der Waals surface area contributed by atoms with Crippen molar-refractivity contribution in [3.63, 3.8) is 0 Å². The summed E-state index contributed by atoms with van der Waals surface area (Å²) < 4.78 is 8.21. The van der Waals surface area contributed by atoms with Crippen molar-refractivity contribution in [2.75, 3.05) is 0 Å². The molecule has 0 aliphatic rings. The molecule has 0 radical (unpaired) electrons. The van der Waals surface area contributed by atoms with Crippen LogP contribution in [0.5, 0.6) is 0 Å². The largest absolute Gasteiger partial charge is 0.454 e. The SMILES string of the molecule is Brc1cc2ccccc2c2c1oc1c(Br)cc3ccccc3c12. The summed E-state index contributed by atoms with van der Waals surface area (Å²) in [6.07, 6.45) is 0. The second-order valence-electron chi connectivity index (χ2n) is 5.67. The standard InChI is InChI=1S/C20H10Br2O/c21-15-9-11-5-1-3-7-13(11)17-18-14-8-4-2-6-12(14)10-16(22)20(18)23-19(15)17/h1-10H. The van der Waals surface area contributed by atoms with Crippen LogP contribution in [0.15, 0.2) is 74.0 Å². The number of hydrogen-bond acceptors (Lipinski definition) is 1. The molecular weight excluding hydrogens is 416 g/mol. The van der Waals surface area contributed by atoms with Gasteiger partial charge in [-0.25, -0.2) is 0 Å². The van der Waals surface area contributed by atoms with Crippen LogP contribution in [0.25, 0.3) is 43.5 Å². The summed E-state index contributed by atoms with van der Waals surface area (Å²) in [6.45, 7) is 0. The maximum absolute atomic E-state index is 6.24. The van der Waals surface area contributed by atoms with E-state index in [4.69, 9.17) is 4.42 Å². The average Bonchev–Trinajstić information content (AvgIpc) is 2.98. The summed E-state index contributed by atoms with van der Waals surface area (Å²) in [5, 5.41) is 7.18. The first-order chi connectivity index (χ1) is 11.2. The molecule has 1 nitrogen and oxygen atoms in total. The van der Waals surface area contributed by atoms with Gasteiger partial charge in [-0.1, -0.05) is 48.5 Å². The van der Waals surface area contributed by atoms with Gasteiger partial charge in [-0.2, -0.15) is 0 Å². The van der Waals surface area contributed by atoms with Gasteiger partial charge in [0.15, 0.2) is 0 Å². The molecular formula is C20H10Br2O. The van der Waals surface area contributed by atoms with Crippen LogP contribution in [0, 0.1) is 0 Å². The van der Waals surface area contributed by atoms with Crippen LogP contribution in [0.1, 0.15) is 0 Å². The number of benzene rings is 4. The maximum atomic E-state index is 6.24. The normalized spacial score (nSPS) is 11.9. The van der Waals surface area contributed by atoms with Gasteiger partial charge in [-0.05, 0) is 65.5 Å². The van der Waals surface area contributed by atoms with Gasteiger partial charge in [-0.15, -0.1) is 0 Å². The molecule has 5 aromatic rings. The molecule has 23 heavy (non-hydrogen) atoms. The second-order valence-corrected chi connectivity index (χ2v) is 7.38. The van der Waals surface area contributed by atoms with Gasteiger partial charge in [0.25, 0.3) is 0 Å². The van der Waals surface area contributed by atoms with Gasteiger partial charge < -0.3 is 4.42 Å². The van der Waals surface area contributed by atoms with Gasteiger partial charge in [-0.3, -0.25) is 0 Å². The Labute approximate surface area is 149 Å². The Morgan fingerprint density at radius 1 is 0.609 bits per heavy atom. The number of rotatable bonds is 0. The number of halogens is 2. The first kappa shape index (κ1) is 13.6. The predicted octanol–water partition coefficient (Wildman–Crippen LogP) is 7.42. The van der Waals surface area contributed by atoms with E-state index in [9.17, 15) is 0 Å². The molecule has 5 rings (SSSR count). The molecule has 0 atom stereocenters. The number of furan rings is 1. The van der Waals surface area contributed by atoms with Crippen LogP contribution in [-0.4, -0.2) is 0 Å². The average molecular weight is 426 g/mol. The fraction of sp³-hybridized carbons (Fsp3) is 0. The smallest absolute Gasteiger partial charge is 0.150 e. The van der Waals surface area contributed by atoms with Crippen molar-refractivity contribution in [3.05, 3.63) is 69.6 Å². The lowest BCUT2D eigenvalue weighted by Crippen LogP contribution is -1.78. The van der Waals surface area contributed by atoms with Crippen LogP contribution < -0.4 is 0 Å². The molecule has 0 aliphatic carbocycles. The summed E-state index contributed by atoms with van der Waals surface area (Å²) in [6, 6.07) is 21.1. The molecule has 0 fully saturated rings. The molecule has 0 bridgehead atoms. The zero-order chi connectivity index (χ0) is 15.6. The minimum absolute atomic E-state index is 0.899. The summed E-state index contributed by atoms with van der Waals surface area (Å²) in [5.74, 6) is 0. The highest BCUT2D eigenvalue weighted by Gasteiger charge is 2.18. The van der Waals surface area contributed by atoms with Crippen molar-refractivity contribution in [3.8, 4) is 0 Å². The molecule has 110 valence electrons. The summed E-state index contributed by atoms with van der Waals surface area (Å²) in [7, 11) is 0. The van der Waals surface area contributed by atoms with Crippen molar-refractivity contribution in [1.29, 1.82) is 0 Å². The Morgan fingerprint density at radius 3 is 1.52 bits per heavy atom. The Balaban J connectivity index is 2.21. The summed E-state index contributed by atoms with van der Waals surface area (Å²) in [5.41, 5.74) is 1.80. The lowest BCUT2D eigenvalue weighted by molar-refractivity contribution is 0.665. The van der Waals surface area contributed by atoms with E-state index in [2.05, 4.69) is 92.5 Å². The Kier molecular flexibility index (Phi) is 2.85. The highest BCUT2D eigenvalue weighted by atomic mass is 79.9. The monoisotopic (exact) mass is 424 g/mol. The van der Waals surface area contributed by atoms with Crippen molar-refractivity contribution in [2.45, 2.75) is 0 Å². The van der Waals surface area contributed by atoms with E-state index in [1.165, 1.54) is 32.3 Å². The highest BCUT2D eigenvalue weighted by molar-refractivity contribution is 9.11. The molecule has 0 unspecified atom stereocenters. The fourth-order valence-corrected chi connectivity index (χ4v) is 4.44. The van der Waals surface area contributed by atoms with Gasteiger partial charge >= 0.3 is 0 Å². The molecule has 0 saturated heterocycles. The predicted molar refractivity (Wildman–Crippen MR) is 104 cm³/mol. The quantitative estimate of drug-likeness (QED) is 0.251. The zero-order valence-electron chi connectivity index (χ0n) is 11.9. The minimum atomic E-state index is 0.899. The van der Waals surface area contributed by atoms with E-state index in [0.29, 0.717) is 0 Å². The molecule has 0 spiro atoms. The van der Waals surface area contributed by atoms with Gasteiger partial charge in [0.1, 0.15) is 11.2 Å². The van der Waals surface area contributed by atoms with Crippen molar-refractivity contribution < 1.29 is 4.42 Å². The molecule has 3 heteroatoms. The van der Waals surface area contributed by atoms with E-state index in [1.54, 1.807) is 0 Å². The summed E-state index contributed by atoms with van der Waals surface area (Å²) in [4.78, 5) is 0. The third kappa shape index (κ3) is 1.84. The minimum Gasteiger partial charge on any atom is -0.454 e. The van der Waals surface area contributed by atoms with E-state index < -0.39 is 0 Å². The summed E-state index contributed by atoms with van der Waals surface area (Å²) >= 11 is 7.35. The van der Waals surface area contributed by atoms with Crippen molar-refractivity contribution >= 4 is 75.3 Å². The van der Waals surface area contributed by atoms with Crippen LogP contribution in [0.2, 0.25) is 0 Å². The third-order valence-corrected chi connectivity index (χ3v) is 5.54. The van der Waals surface area contributed by atoms with Crippen LogP contribution in [0.4, 0.5) is 0 Å². The molecule has 4 aromatic carbocycles. The van der Waals surface area contributed by atoms with E-state index in [0.717, 1.165) is 20.1 Å². The first-order valence-corrected chi connectivity index (χ1v) is 8.93. The number of fused-ring (bicyclic) bond motifs is 7. The molecule has 0 saturated carbocycles.